The lowest BCUT2D eigenvalue weighted by molar-refractivity contribution is -0.130. The first-order valence-electron chi connectivity index (χ1n) is 15.6. The Hall–Kier alpha value is -3.69. The van der Waals surface area contributed by atoms with Crippen LogP contribution in [0.15, 0.2) is 96.1 Å². The first-order chi connectivity index (χ1) is 20.6. The van der Waals surface area contributed by atoms with Crippen molar-refractivity contribution in [3.63, 3.8) is 0 Å². The zero-order chi connectivity index (χ0) is 29.3. The van der Waals surface area contributed by atoms with Crippen LogP contribution >= 0.6 is 0 Å². The van der Waals surface area contributed by atoms with Gasteiger partial charge in [0.25, 0.3) is 6.47 Å². The summed E-state index contributed by atoms with van der Waals surface area (Å²) in [5, 5.41) is 2.64. The first-order valence-corrected chi connectivity index (χ1v) is 15.6. The number of ether oxygens (including phenoxy) is 2. The first kappa shape index (κ1) is 29.8. The van der Waals surface area contributed by atoms with Crippen molar-refractivity contribution in [3.8, 4) is 0 Å². The number of hydrogen-bond acceptors (Lipinski definition) is 3. The number of rotatable bonds is 14. The molecule has 3 aromatic carbocycles. The second kappa shape index (κ2) is 14.5. The molecule has 2 aliphatic rings. The summed E-state index contributed by atoms with van der Waals surface area (Å²) in [6, 6.07) is 20.6. The largest absolute Gasteiger partial charge is 0.467 e. The van der Waals surface area contributed by atoms with E-state index in [1.54, 1.807) is 7.11 Å². The summed E-state index contributed by atoms with van der Waals surface area (Å²) >= 11 is 0. The molecule has 5 rings (SSSR count). The highest BCUT2D eigenvalue weighted by Gasteiger charge is 2.20. The monoisotopic (exact) mass is 560 g/mol. The minimum absolute atomic E-state index is 0.169. The van der Waals surface area contributed by atoms with Crippen molar-refractivity contribution < 1.29 is 14.3 Å². The predicted molar refractivity (Wildman–Crippen MR) is 175 cm³/mol. The van der Waals surface area contributed by atoms with Gasteiger partial charge < -0.3 is 9.47 Å². The van der Waals surface area contributed by atoms with Crippen LogP contribution in [0.2, 0.25) is 0 Å². The average molecular weight is 561 g/mol. The van der Waals surface area contributed by atoms with Crippen molar-refractivity contribution in [1.82, 2.24) is 0 Å². The van der Waals surface area contributed by atoms with Crippen LogP contribution in [0.4, 0.5) is 0 Å². The number of benzene rings is 3. The van der Waals surface area contributed by atoms with Gasteiger partial charge in [0.1, 0.15) is 0 Å². The van der Waals surface area contributed by atoms with Crippen LogP contribution < -0.4 is 0 Å². The normalized spacial score (nSPS) is 16.8. The fourth-order valence-corrected chi connectivity index (χ4v) is 6.46. The third-order valence-corrected chi connectivity index (χ3v) is 8.72. The van der Waals surface area contributed by atoms with Crippen molar-refractivity contribution in [2.75, 3.05) is 20.3 Å². The second-order valence-corrected chi connectivity index (χ2v) is 11.8. The molecule has 3 aromatic rings. The molecular weight excluding hydrogens is 516 g/mol. The van der Waals surface area contributed by atoms with Gasteiger partial charge in [-0.2, -0.15) is 0 Å². The molecule has 42 heavy (non-hydrogen) atoms. The van der Waals surface area contributed by atoms with Gasteiger partial charge in [-0.15, -0.1) is 0 Å². The Morgan fingerprint density at radius 1 is 0.881 bits per heavy atom. The van der Waals surface area contributed by atoms with Crippen molar-refractivity contribution in [3.05, 3.63) is 124 Å². The van der Waals surface area contributed by atoms with Gasteiger partial charge in [-0.25, -0.2) is 0 Å². The highest BCUT2D eigenvalue weighted by atomic mass is 16.5. The van der Waals surface area contributed by atoms with Crippen molar-refractivity contribution >= 4 is 22.8 Å². The highest BCUT2D eigenvalue weighted by Crippen LogP contribution is 2.36. The summed E-state index contributed by atoms with van der Waals surface area (Å²) in [5.74, 6) is 0.632. The fourth-order valence-electron chi connectivity index (χ4n) is 6.46. The van der Waals surface area contributed by atoms with E-state index >= 15 is 0 Å². The third-order valence-electron chi connectivity index (χ3n) is 8.72. The lowest BCUT2D eigenvalue weighted by atomic mass is 9.80. The number of fused-ring (bicyclic) bond motifs is 2. The lowest BCUT2D eigenvalue weighted by Crippen LogP contribution is -2.18. The molecule has 0 bridgehead atoms. The number of carbonyl (C=O) groups excluding carboxylic acids is 1. The molecular formula is C39H44O3. The topological polar surface area (TPSA) is 35.5 Å². The molecule has 0 saturated carbocycles. The molecule has 1 unspecified atom stereocenters. The Balaban J connectivity index is 1.24. The molecule has 3 nitrogen and oxygen atoms in total. The van der Waals surface area contributed by atoms with Gasteiger partial charge in [-0.1, -0.05) is 105 Å². The second-order valence-electron chi connectivity index (χ2n) is 11.8. The molecule has 0 aliphatic heterocycles. The maximum atomic E-state index is 10.7. The molecule has 3 heteroatoms. The van der Waals surface area contributed by atoms with E-state index in [0.717, 1.165) is 38.5 Å². The third kappa shape index (κ3) is 7.38. The highest BCUT2D eigenvalue weighted by molar-refractivity contribution is 5.89. The molecule has 0 radical (unpaired) electrons. The predicted octanol–water partition coefficient (Wildman–Crippen LogP) is 8.79. The Morgan fingerprint density at radius 2 is 1.71 bits per heavy atom. The quantitative estimate of drug-likeness (QED) is 0.185. The van der Waals surface area contributed by atoms with Crippen LogP contribution in [0.3, 0.4) is 0 Å². The van der Waals surface area contributed by atoms with Crippen LogP contribution in [0.25, 0.3) is 16.3 Å². The van der Waals surface area contributed by atoms with E-state index in [0.29, 0.717) is 25.6 Å². The van der Waals surface area contributed by atoms with E-state index in [1.807, 2.05) is 0 Å². The minimum Gasteiger partial charge on any atom is -0.467 e. The van der Waals surface area contributed by atoms with Gasteiger partial charge in [0.05, 0.1) is 13.2 Å². The molecule has 0 N–H and O–H groups in total. The lowest BCUT2D eigenvalue weighted by Gasteiger charge is -2.25. The van der Waals surface area contributed by atoms with Gasteiger partial charge in [0.15, 0.2) is 0 Å². The summed E-state index contributed by atoms with van der Waals surface area (Å²) < 4.78 is 10.4. The van der Waals surface area contributed by atoms with Crippen molar-refractivity contribution in [2.45, 2.75) is 58.8 Å². The molecule has 0 aromatic heterocycles. The Labute approximate surface area is 251 Å². The molecule has 0 saturated heterocycles. The van der Waals surface area contributed by atoms with E-state index < -0.39 is 0 Å². The number of carbonyl (C=O) groups is 1. The maximum absolute atomic E-state index is 10.7. The van der Waals surface area contributed by atoms with Gasteiger partial charge in [-0.05, 0) is 94.3 Å². The van der Waals surface area contributed by atoms with Crippen LogP contribution in [-0.2, 0) is 40.0 Å². The van der Waals surface area contributed by atoms with E-state index in [1.165, 1.54) is 61.7 Å². The zero-order valence-corrected chi connectivity index (χ0v) is 25.4. The Bertz CT molecular complexity index is 1520. The molecule has 0 fully saturated rings. The minimum atomic E-state index is 0.169. The molecule has 2 aliphatic carbocycles. The van der Waals surface area contributed by atoms with Crippen LogP contribution in [-0.4, -0.2) is 26.8 Å². The van der Waals surface area contributed by atoms with Crippen LogP contribution in [0.1, 0.15) is 60.9 Å². The van der Waals surface area contributed by atoms with E-state index in [-0.39, 0.29) is 5.92 Å². The summed E-state index contributed by atoms with van der Waals surface area (Å²) in [5.41, 5.74) is 11.1. The Morgan fingerprint density at radius 3 is 2.52 bits per heavy atom. The fraction of sp³-hybridized carbons (Fsp3) is 0.359. The van der Waals surface area contributed by atoms with Crippen LogP contribution in [0.5, 0.6) is 0 Å². The SMILES string of the molecule is CCCc1ccc2cc(C3=CC4=CC=C(CCc5ccc(CC(COC)COC=O)cc5CC)C[C@@H]4C=C3)ccc2c1. The van der Waals surface area contributed by atoms with Gasteiger partial charge in [-0.3, -0.25) is 4.79 Å². The maximum Gasteiger partial charge on any atom is 0.293 e. The molecule has 0 spiro atoms. The van der Waals surface area contributed by atoms with E-state index in [9.17, 15) is 4.79 Å². The average Bonchev–Trinajstić information content (AvgIpc) is 3.02. The molecule has 0 heterocycles. The molecule has 2 atom stereocenters. The smallest absolute Gasteiger partial charge is 0.293 e. The van der Waals surface area contributed by atoms with Crippen molar-refractivity contribution in [1.29, 1.82) is 0 Å². The number of hydrogen-bond donors (Lipinski definition) is 0. The van der Waals surface area contributed by atoms with E-state index in [2.05, 4.69) is 98.8 Å². The zero-order valence-electron chi connectivity index (χ0n) is 25.4. The van der Waals surface area contributed by atoms with Gasteiger partial charge >= 0.3 is 0 Å². The Kier molecular flexibility index (Phi) is 10.3. The van der Waals surface area contributed by atoms with Gasteiger partial charge in [0.2, 0.25) is 0 Å². The number of aryl methyl sites for hydroxylation is 3. The number of methoxy groups -OCH3 is 1. The standard InChI is InChI=1S/C39H44O3/c1-4-6-28-8-13-36-23-38(17-15-34(36)20-28)39-18-16-35-21-29(9-14-37(35)24-39)7-11-33-12-10-30(22-32(33)5-2)19-31(25-41-3)26-42-27-40/h8-10,12-18,20,22-24,27,31,35H,4-7,11,19,21,25-26H2,1-3H3/t31?,35-/m0/s1. The summed E-state index contributed by atoms with van der Waals surface area (Å²) in [6.45, 7) is 5.95. The van der Waals surface area contributed by atoms with Crippen molar-refractivity contribution in [2.24, 2.45) is 11.8 Å². The summed E-state index contributed by atoms with van der Waals surface area (Å²) in [6.07, 6.45) is 19.2. The number of allylic oxidation sites excluding steroid dienone is 8. The summed E-state index contributed by atoms with van der Waals surface area (Å²) in [4.78, 5) is 10.7. The summed E-state index contributed by atoms with van der Waals surface area (Å²) in [7, 11) is 1.69. The van der Waals surface area contributed by atoms with E-state index in [4.69, 9.17) is 9.47 Å². The van der Waals surface area contributed by atoms with Crippen LogP contribution in [0, 0.1) is 11.8 Å². The molecule has 218 valence electrons. The van der Waals surface area contributed by atoms with Gasteiger partial charge in [0, 0.05) is 18.9 Å². The molecule has 0 amide bonds.